The monoisotopic (exact) mass is 331 g/mol. The molecule has 0 radical (unpaired) electrons. The number of nitrogens with zero attached hydrogens (tertiary/aromatic N) is 6. The molecule has 0 atom stereocenters. The molecule has 0 saturated heterocycles. The summed E-state index contributed by atoms with van der Waals surface area (Å²) in [5.74, 6) is 0. The summed E-state index contributed by atoms with van der Waals surface area (Å²) in [6, 6.07) is 15.4. The predicted molar refractivity (Wildman–Crippen MR) is 95.7 cm³/mol. The first-order valence-corrected chi connectivity index (χ1v) is 7.67. The van der Waals surface area contributed by atoms with Gasteiger partial charge in [-0.1, -0.05) is 22.9 Å². The van der Waals surface area contributed by atoms with E-state index in [-0.39, 0.29) is 0 Å². The Morgan fingerprint density at radius 2 is 1.92 bits per heavy atom. The Kier molecular flexibility index (Phi) is 4.72. The van der Waals surface area contributed by atoms with E-state index in [4.69, 9.17) is 5.26 Å². The van der Waals surface area contributed by atoms with Crippen LogP contribution in [-0.2, 0) is 7.05 Å². The van der Waals surface area contributed by atoms with Crippen LogP contribution in [0.4, 0.5) is 5.69 Å². The minimum Gasteiger partial charge on any atom is -0.293 e. The van der Waals surface area contributed by atoms with Crippen LogP contribution in [0.3, 0.4) is 0 Å². The first kappa shape index (κ1) is 16.2. The van der Waals surface area contributed by atoms with Gasteiger partial charge < -0.3 is 0 Å². The largest absolute Gasteiger partial charge is 0.293 e. The lowest BCUT2D eigenvalue weighted by Crippen LogP contribution is -2.05. The zero-order chi connectivity index (χ0) is 17.6. The average molecular weight is 331 g/mol. The maximum Gasteiger partial charge on any atom is 0.114 e. The fourth-order valence-corrected chi connectivity index (χ4v) is 2.20. The molecule has 0 spiro atoms. The molecule has 7 nitrogen and oxygen atoms in total. The third kappa shape index (κ3) is 4.00. The van der Waals surface area contributed by atoms with E-state index in [0.29, 0.717) is 0 Å². The number of benzene rings is 2. The van der Waals surface area contributed by atoms with Crippen LogP contribution in [0.5, 0.6) is 0 Å². The molecule has 2 heterocycles. The van der Waals surface area contributed by atoms with E-state index in [1.54, 1.807) is 21.9 Å². The van der Waals surface area contributed by atoms with Gasteiger partial charge in [0.05, 0.1) is 22.8 Å². The molecule has 124 valence electrons. The highest BCUT2D eigenvalue weighted by Crippen LogP contribution is 2.16. The Hall–Kier alpha value is -3.66. The molecule has 4 rings (SSSR count). The summed E-state index contributed by atoms with van der Waals surface area (Å²) >= 11 is 0. The molecule has 7 heteroatoms. The van der Waals surface area contributed by atoms with Gasteiger partial charge in [0.2, 0.25) is 0 Å². The van der Waals surface area contributed by atoms with Crippen molar-refractivity contribution in [1.82, 2.24) is 24.7 Å². The van der Waals surface area contributed by atoms with Crippen LogP contribution in [-0.4, -0.2) is 24.7 Å². The second kappa shape index (κ2) is 7.27. The van der Waals surface area contributed by atoms with Crippen LogP contribution in [0.25, 0.3) is 11.0 Å². The van der Waals surface area contributed by atoms with Gasteiger partial charge in [0, 0.05) is 19.4 Å². The SMILES string of the molecule is Cc1ccc(C#N)cc1.Cn1nnc2ccc(Nn3ccnc3)cc21. The lowest BCUT2D eigenvalue weighted by molar-refractivity contribution is 0.736. The lowest BCUT2D eigenvalue weighted by Gasteiger charge is -2.06. The highest BCUT2D eigenvalue weighted by atomic mass is 15.4. The van der Waals surface area contributed by atoms with Crippen molar-refractivity contribution < 1.29 is 0 Å². The number of nitriles is 1. The molecule has 0 aliphatic rings. The quantitative estimate of drug-likeness (QED) is 0.610. The zero-order valence-electron chi connectivity index (χ0n) is 14.0. The van der Waals surface area contributed by atoms with Gasteiger partial charge in [-0.15, -0.1) is 5.10 Å². The first-order chi connectivity index (χ1) is 12.2. The van der Waals surface area contributed by atoms with Gasteiger partial charge in [-0.05, 0) is 37.3 Å². The topological polar surface area (TPSA) is 84.4 Å². The summed E-state index contributed by atoms with van der Waals surface area (Å²) in [6.45, 7) is 2.00. The molecular formula is C18H17N7. The van der Waals surface area contributed by atoms with E-state index in [2.05, 4.69) is 26.8 Å². The summed E-state index contributed by atoms with van der Waals surface area (Å²) in [5, 5.41) is 16.4. The van der Waals surface area contributed by atoms with Gasteiger partial charge in [-0.25, -0.2) is 9.67 Å². The summed E-state index contributed by atoms with van der Waals surface area (Å²) in [6.07, 6.45) is 5.26. The Morgan fingerprint density at radius 1 is 1.12 bits per heavy atom. The van der Waals surface area contributed by atoms with Crippen molar-refractivity contribution >= 4 is 16.7 Å². The molecule has 0 fully saturated rings. The maximum atomic E-state index is 8.38. The van der Waals surface area contributed by atoms with Crippen LogP contribution >= 0.6 is 0 Å². The van der Waals surface area contributed by atoms with E-state index >= 15 is 0 Å². The van der Waals surface area contributed by atoms with Gasteiger partial charge in [-0.2, -0.15) is 5.26 Å². The molecule has 25 heavy (non-hydrogen) atoms. The molecule has 0 aliphatic carbocycles. The molecule has 0 amide bonds. The van der Waals surface area contributed by atoms with Crippen LogP contribution in [0.2, 0.25) is 0 Å². The van der Waals surface area contributed by atoms with Gasteiger partial charge in [0.25, 0.3) is 0 Å². The normalized spacial score (nSPS) is 9.96. The highest BCUT2D eigenvalue weighted by Gasteiger charge is 2.02. The van der Waals surface area contributed by atoms with Crippen LogP contribution in [0, 0.1) is 18.3 Å². The summed E-state index contributed by atoms with van der Waals surface area (Å²) in [7, 11) is 1.87. The molecule has 4 aromatic rings. The number of aromatic nitrogens is 5. The van der Waals surface area contributed by atoms with Crippen molar-refractivity contribution in [2.45, 2.75) is 6.92 Å². The summed E-state index contributed by atoms with van der Waals surface area (Å²) in [4.78, 5) is 3.96. The van der Waals surface area contributed by atoms with E-state index in [9.17, 15) is 0 Å². The van der Waals surface area contributed by atoms with Gasteiger partial charge in [0.15, 0.2) is 0 Å². The number of fused-ring (bicyclic) bond motifs is 1. The zero-order valence-corrected chi connectivity index (χ0v) is 14.0. The number of hydrogen-bond donors (Lipinski definition) is 1. The van der Waals surface area contributed by atoms with Gasteiger partial charge in [-0.3, -0.25) is 10.1 Å². The fourth-order valence-electron chi connectivity index (χ4n) is 2.20. The van der Waals surface area contributed by atoms with E-state index in [1.165, 1.54) is 5.56 Å². The molecule has 0 unspecified atom stereocenters. The Morgan fingerprint density at radius 3 is 2.60 bits per heavy atom. The molecule has 0 aliphatic heterocycles. The van der Waals surface area contributed by atoms with Crippen molar-refractivity contribution in [2.75, 3.05) is 5.43 Å². The molecule has 1 N–H and O–H groups in total. The van der Waals surface area contributed by atoms with Gasteiger partial charge in [0.1, 0.15) is 11.8 Å². The molecule has 2 aromatic carbocycles. The first-order valence-electron chi connectivity index (χ1n) is 7.67. The van der Waals surface area contributed by atoms with E-state index in [0.717, 1.165) is 22.3 Å². The minimum absolute atomic E-state index is 0.723. The number of rotatable bonds is 2. The fraction of sp³-hybridized carbons (Fsp3) is 0.111. The highest BCUT2D eigenvalue weighted by molar-refractivity contribution is 5.78. The maximum absolute atomic E-state index is 8.38. The standard InChI is InChI=1S/C10H10N6.C8H7N/c1-15-10-6-8(2-3-9(10)12-14-15)13-16-5-4-11-7-16;1-7-2-4-8(6-9)5-3-7/h2-7,13H,1H3;2-5H,1H3. The number of anilines is 1. The Labute approximate surface area is 145 Å². The second-order valence-corrected chi connectivity index (χ2v) is 5.48. The Bertz CT molecular complexity index is 992. The van der Waals surface area contributed by atoms with Crippen molar-refractivity contribution in [3.63, 3.8) is 0 Å². The van der Waals surface area contributed by atoms with Crippen molar-refractivity contribution in [3.05, 3.63) is 72.3 Å². The second-order valence-electron chi connectivity index (χ2n) is 5.48. The van der Waals surface area contributed by atoms with E-state index < -0.39 is 0 Å². The minimum atomic E-state index is 0.723. The number of hydrogen-bond acceptors (Lipinski definition) is 5. The molecular weight excluding hydrogens is 314 g/mol. The predicted octanol–water partition coefficient (Wildman–Crippen LogP) is 2.91. The van der Waals surface area contributed by atoms with Crippen molar-refractivity contribution in [3.8, 4) is 6.07 Å². The third-order valence-electron chi connectivity index (χ3n) is 3.55. The summed E-state index contributed by atoms with van der Waals surface area (Å²) < 4.78 is 3.53. The lowest BCUT2D eigenvalue weighted by atomic mass is 10.2. The van der Waals surface area contributed by atoms with E-state index in [1.807, 2.05) is 62.6 Å². The van der Waals surface area contributed by atoms with Crippen molar-refractivity contribution in [2.24, 2.45) is 7.05 Å². The number of nitrogens with one attached hydrogen (secondary N) is 1. The van der Waals surface area contributed by atoms with Crippen LogP contribution in [0.15, 0.2) is 61.2 Å². The smallest absolute Gasteiger partial charge is 0.114 e. The Balaban J connectivity index is 0.000000173. The molecule has 0 bridgehead atoms. The summed E-state index contributed by atoms with van der Waals surface area (Å²) in [5.41, 5.74) is 7.94. The third-order valence-corrected chi connectivity index (χ3v) is 3.55. The van der Waals surface area contributed by atoms with Gasteiger partial charge >= 0.3 is 0 Å². The number of aryl methyl sites for hydroxylation is 2. The number of imidazole rings is 1. The van der Waals surface area contributed by atoms with Crippen LogP contribution in [0.1, 0.15) is 11.1 Å². The molecule has 2 aromatic heterocycles. The molecule has 0 saturated carbocycles. The van der Waals surface area contributed by atoms with Crippen LogP contribution < -0.4 is 5.43 Å². The average Bonchev–Trinajstić information content (AvgIpc) is 3.27. The van der Waals surface area contributed by atoms with Crippen molar-refractivity contribution in [1.29, 1.82) is 5.26 Å².